The first kappa shape index (κ1) is 15.8. The molecular formula is C14H26N2O3. The van der Waals surface area contributed by atoms with E-state index >= 15 is 0 Å². The highest BCUT2D eigenvalue weighted by Gasteiger charge is 2.29. The van der Waals surface area contributed by atoms with Gasteiger partial charge >= 0.3 is 6.09 Å². The summed E-state index contributed by atoms with van der Waals surface area (Å²) >= 11 is 0. The number of rotatable bonds is 2. The number of ether oxygens (including phenoxy) is 1. The van der Waals surface area contributed by atoms with E-state index in [0.717, 1.165) is 19.3 Å². The van der Waals surface area contributed by atoms with Gasteiger partial charge in [0, 0.05) is 26.1 Å². The SMILES string of the molecule is CN(C)C(=O)C1CCCC(NC(=O)OC(C)(C)C)C1. The van der Waals surface area contributed by atoms with Crippen molar-refractivity contribution in [2.24, 2.45) is 5.92 Å². The number of alkyl carbamates (subject to hydrolysis) is 1. The Morgan fingerprint density at radius 2 is 1.84 bits per heavy atom. The van der Waals surface area contributed by atoms with Crippen LogP contribution in [0.3, 0.4) is 0 Å². The molecule has 0 aromatic rings. The molecule has 110 valence electrons. The summed E-state index contributed by atoms with van der Waals surface area (Å²) in [5, 5.41) is 2.87. The van der Waals surface area contributed by atoms with Crippen molar-refractivity contribution in [1.29, 1.82) is 0 Å². The van der Waals surface area contributed by atoms with Gasteiger partial charge < -0.3 is 15.0 Å². The highest BCUT2D eigenvalue weighted by molar-refractivity contribution is 5.78. The first-order chi connectivity index (χ1) is 8.69. The number of hydrogen-bond acceptors (Lipinski definition) is 3. The van der Waals surface area contributed by atoms with E-state index in [-0.39, 0.29) is 17.9 Å². The molecule has 1 aliphatic carbocycles. The minimum absolute atomic E-state index is 0.0173. The van der Waals surface area contributed by atoms with E-state index < -0.39 is 11.7 Å². The lowest BCUT2D eigenvalue weighted by atomic mass is 9.85. The third-order valence-corrected chi connectivity index (χ3v) is 3.19. The van der Waals surface area contributed by atoms with Crippen molar-refractivity contribution in [2.45, 2.75) is 58.1 Å². The summed E-state index contributed by atoms with van der Waals surface area (Å²) in [7, 11) is 3.54. The maximum Gasteiger partial charge on any atom is 0.407 e. The molecule has 0 bridgehead atoms. The third kappa shape index (κ3) is 5.49. The van der Waals surface area contributed by atoms with Gasteiger partial charge in [-0.3, -0.25) is 4.79 Å². The molecule has 0 aliphatic heterocycles. The molecule has 5 nitrogen and oxygen atoms in total. The van der Waals surface area contributed by atoms with E-state index in [0.29, 0.717) is 6.42 Å². The molecule has 1 rings (SSSR count). The van der Waals surface area contributed by atoms with Crippen molar-refractivity contribution >= 4 is 12.0 Å². The number of amides is 2. The minimum atomic E-state index is -0.488. The molecular weight excluding hydrogens is 244 g/mol. The standard InChI is InChI=1S/C14H26N2O3/c1-14(2,3)19-13(18)15-11-8-6-7-10(9-11)12(17)16(4)5/h10-11H,6-9H2,1-5H3,(H,15,18). The van der Waals surface area contributed by atoms with Crippen LogP contribution in [0.2, 0.25) is 0 Å². The van der Waals surface area contributed by atoms with Crippen LogP contribution in [0, 0.1) is 5.92 Å². The molecule has 0 spiro atoms. The van der Waals surface area contributed by atoms with Crippen LogP contribution in [0.15, 0.2) is 0 Å². The van der Waals surface area contributed by atoms with Gasteiger partial charge in [0.2, 0.25) is 5.91 Å². The van der Waals surface area contributed by atoms with Crippen LogP contribution in [0.4, 0.5) is 4.79 Å². The van der Waals surface area contributed by atoms with E-state index in [9.17, 15) is 9.59 Å². The molecule has 0 saturated heterocycles. The Labute approximate surface area is 115 Å². The minimum Gasteiger partial charge on any atom is -0.444 e. The molecule has 0 radical (unpaired) electrons. The Morgan fingerprint density at radius 1 is 1.21 bits per heavy atom. The zero-order valence-corrected chi connectivity index (χ0v) is 12.7. The monoisotopic (exact) mass is 270 g/mol. The molecule has 1 fully saturated rings. The largest absolute Gasteiger partial charge is 0.444 e. The van der Waals surface area contributed by atoms with E-state index in [1.54, 1.807) is 19.0 Å². The third-order valence-electron chi connectivity index (χ3n) is 3.19. The lowest BCUT2D eigenvalue weighted by molar-refractivity contribution is -0.134. The van der Waals surface area contributed by atoms with Gasteiger partial charge in [0.05, 0.1) is 0 Å². The van der Waals surface area contributed by atoms with Gasteiger partial charge in [-0.2, -0.15) is 0 Å². The summed E-state index contributed by atoms with van der Waals surface area (Å²) < 4.78 is 5.24. The van der Waals surface area contributed by atoms with Crippen LogP contribution >= 0.6 is 0 Å². The zero-order chi connectivity index (χ0) is 14.6. The summed E-state index contributed by atoms with van der Waals surface area (Å²) in [6, 6.07) is 0.0394. The van der Waals surface area contributed by atoms with Crippen LogP contribution in [-0.2, 0) is 9.53 Å². The summed E-state index contributed by atoms with van der Waals surface area (Å²) in [6.07, 6.45) is 3.09. The van der Waals surface area contributed by atoms with E-state index in [4.69, 9.17) is 4.74 Å². The summed E-state index contributed by atoms with van der Waals surface area (Å²) in [5.41, 5.74) is -0.488. The molecule has 2 unspecified atom stereocenters. The molecule has 0 heterocycles. The molecule has 1 saturated carbocycles. The van der Waals surface area contributed by atoms with Crippen molar-refractivity contribution in [2.75, 3.05) is 14.1 Å². The number of carbonyl (C=O) groups is 2. The van der Waals surface area contributed by atoms with E-state index in [1.165, 1.54) is 0 Å². The van der Waals surface area contributed by atoms with Gasteiger partial charge in [0.1, 0.15) is 5.60 Å². The maximum absolute atomic E-state index is 11.9. The molecule has 0 aromatic heterocycles. The second kappa shape index (κ2) is 6.26. The molecule has 0 aromatic carbocycles. The van der Waals surface area contributed by atoms with Crippen molar-refractivity contribution in [3.05, 3.63) is 0 Å². The van der Waals surface area contributed by atoms with Gasteiger partial charge in [-0.25, -0.2) is 4.79 Å². The normalized spacial score (nSPS) is 23.6. The smallest absolute Gasteiger partial charge is 0.407 e. The second-order valence-corrected chi connectivity index (χ2v) is 6.44. The first-order valence-electron chi connectivity index (χ1n) is 6.89. The fourth-order valence-corrected chi connectivity index (χ4v) is 2.38. The fourth-order valence-electron chi connectivity index (χ4n) is 2.38. The number of hydrogen-bond donors (Lipinski definition) is 1. The van der Waals surface area contributed by atoms with Gasteiger partial charge in [-0.05, 0) is 40.0 Å². The Morgan fingerprint density at radius 3 is 2.37 bits per heavy atom. The van der Waals surface area contributed by atoms with Crippen molar-refractivity contribution in [1.82, 2.24) is 10.2 Å². The second-order valence-electron chi connectivity index (χ2n) is 6.44. The lowest BCUT2D eigenvalue weighted by Crippen LogP contribution is -2.44. The van der Waals surface area contributed by atoms with E-state index in [2.05, 4.69) is 5.32 Å². The van der Waals surface area contributed by atoms with Crippen LogP contribution in [0.25, 0.3) is 0 Å². The van der Waals surface area contributed by atoms with Gasteiger partial charge in [-0.15, -0.1) is 0 Å². The molecule has 5 heteroatoms. The molecule has 19 heavy (non-hydrogen) atoms. The fraction of sp³-hybridized carbons (Fsp3) is 0.857. The van der Waals surface area contributed by atoms with E-state index in [1.807, 2.05) is 20.8 Å². The van der Waals surface area contributed by atoms with Crippen molar-refractivity contribution < 1.29 is 14.3 Å². The Bertz CT molecular complexity index is 334. The van der Waals surface area contributed by atoms with Gasteiger partial charge in [0.15, 0.2) is 0 Å². The first-order valence-corrected chi connectivity index (χ1v) is 6.89. The quantitative estimate of drug-likeness (QED) is 0.836. The van der Waals surface area contributed by atoms with Crippen LogP contribution in [-0.4, -0.2) is 42.6 Å². The average Bonchev–Trinajstić information content (AvgIpc) is 2.25. The topological polar surface area (TPSA) is 58.6 Å². The lowest BCUT2D eigenvalue weighted by Gasteiger charge is -2.31. The summed E-state index contributed by atoms with van der Waals surface area (Å²) in [5.74, 6) is 0.166. The molecule has 2 amide bonds. The number of carbonyl (C=O) groups excluding carboxylic acids is 2. The highest BCUT2D eigenvalue weighted by atomic mass is 16.6. The van der Waals surface area contributed by atoms with Crippen molar-refractivity contribution in [3.63, 3.8) is 0 Å². The van der Waals surface area contributed by atoms with Crippen molar-refractivity contribution in [3.8, 4) is 0 Å². The maximum atomic E-state index is 11.9. The molecule has 2 atom stereocenters. The zero-order valence-electron chi connectivity index (χ0n) is 12.7. The van der Waals surface area contributed by atoms with Crippen LogP contribution < -0.4 is 5.32 Å². The predicted octanol–water partition coefficient (Wildman–Crippen LogP) is 2.16. The van der Waals surface area contributed by atoms with Gasteiger partial charge in [0.25, 0.3) is 0 Å². The van der Waals surface area contributed by atoms with Crippen LogP contribution in [0.5, 0.6) is 0 Å². The summed E-state index contributed by atoms with van der Waals surface area (Å²) in [4.78, 5) is 25.3. The Kier molecular flexibility index (Phi) is 5.20. The molecule has 1 N–H and O–H groups in total. The average molecular weight is 270 g/mol. The highest BCUT2D eigenvalue weighted by Crippen LogP contribution is 2.25. The Hall–Kier alpha value is -1.26. The van der Waals surface area contributed by atoms with Crippen LogP contribution in [0.1, 0.15) is 46.5 Å². The van der Waals surface area contributed by atoms with Gasteiger partial charge in [-0.1, -0.05) is 6.42 Å². The Balaban J connectivity index is 2.47. The number of nitrogens with zero attached hydrogens (tertiary/aromatic N) is 1. The predicted molar refractivity (Wildman–Crippen MR) is 73.8 cm³/mol. The summed E-state index contributed by atoms with van der Waals surface area (Å²) in [6.45, 7) is 5.52. The number of nitrogens with one attached hydrogen (secondary N) is 1. The molecule has 1 aliphatic rings.